The summed E-state index contributed by atoms with van der Waals surface area (Å²) in [7, 11) is -3.91. The van der Waals surface area contributed by atoms with E-state index in [4.69, 9.17) is 0 Å². The second-order valence-corrected chi connectivity index (χ2v) is 6.86. The highest BCUT2D eigenvalue weighted by Gasteiger charge is 2.14. The number of sulfonamides is 1. The summed E-state index contributed by atoms with van der Waals surface area (Å²) in [6.07, 6.45) is 0. The van der Waals surface area contributed by atoms with E-state index in [1.165, 1.54) is 50.2 Å². The molecule has 0 atom stereocenters. The zero-order chi connectivity index (χ0) is 18.6. The van der Waals surface area contributed by atoms with Crippen molar-refractivity contribution >= 4 is 27.3 Å². The van der Waals surface area contributed by atoms with Gasteiger partial charge < -0.3 is 15.5 Å². The third-order valence-electron chi connectivity index (χ3n) is 3.19. The van der Waals surface area contributed by atoms with Crippen LogP contribution in [0.1, 0.15) is 19.4 Å². The van der Waals surface area contributed by atoms with Gasteiger partial charge in [-0.2, -0.15) is 18.4 Å². The Morgan fingerprint density at radius 2 is 1.68 bits per heavy atom. The number of benzene rings is 2. The lowest BCUT2D eigenvalue weighted by molar-refractivity contribution is -0.114. The van der Waals surface area contributed by atoms with Gasteiger partial charge in [0.1, 0.15) is 11.5 Å². The van der Waals surface area contributed by atoms with Crippen LogP contribution in [0.5, 0.6) is 11.5 Å². The molecule has 0 bridgehead atoms. The van der Waals surface area contributed by atoms with Crippen molar-refractivity contribution < 1.29 is 23.4 Å². The maximum atomic E-state index is 12.2. The maximum Gasteiger partial charge on any atom is 0.276 e. The largest absolute Gasteiger partial charge is 0.508 e. The summed E-state index contributed by atoms with van der Waals surface area (Å²) >= 11 is 0. The Balaban J connectivity index is 2.19. The average molecular weight is 363 g/mol. The number of amides is 1. The average Bonchev–Trinajstić information content (AvgIpc) is 2.52. The fourth-order valence-corrected chi connectivity index (χ4v) is 2.85. The van der Waals surface area contributed by atoms with Gasteiger partial charge in [-0.1, -0.05) is 0 Å². The molecule has 0 saturated carbocycles. The number of phenols is 2. The van der Waals surface area contributed by atoms with Crippen LogP contribution in [-0.2, 0) is 14.8 Å². The topological polar surface area (TPSA) is 128 Å². The molecular formula is C16H17N3O5S. The zero-order valence-corrected chi connectivity index (χ0v) is 14.3. The van der Waals surface area contributed by atoms with Gasteiger partial charge in [0.25, 0.3) is 10.0 Å². The van der Waals surface area contributed by atoms with Gasteiger partial charge in [0.15, 0.2) is 0 Å². The molecule has 0 aliphatic rings. The van der Waals surface area contributed by atoms with Crippen molar-refractivity contribution in [1.82, 2.24) is 4.83 Å². The summed E-state index contributed by atoms with van der Waals surface area (Å²) in [5, 5.41) is 25.3. The first kappa shape index (κ1) is 18.3. The molecule has 0 fully saturated rings. The van der Waals surface area contributed by atoms with Crippen molar-refractivity contribution in [3.05, 3.63) is 48.0 Å². The minimum absolute atomic E-state index is 0.0342. The van der Waals surface area contributed by atoms with Crippen molar-refractivity contribution in [3.8, 4) is 11.5 Å². The molecule has 4 N–H and O–H groups in total. The Morgan fingerprint density at radius 3 is 2.24 bits per heavy atom. The number of hydrazone groups is 1. The van der Waals surface area contributed by atoms with E-state index in [0.717, 1.165) is 6.07 Å². The van der Waals surface area contributed by atoms with Gasteiger partial charge in [-0.15, -0.1) is 0 Å². The van der Waals surface area contributed by atoms with Crippen LogP contribution in [0.4, 0.5) is 5.69 Å². The number of nitrogens with zero attached hydrogens (tertiary/aromatic N) is 1. The first-order chi connectivity index (χ1) is 11.7. The molecule has 9 heteroatoms. The number of hydrogen-bond donors (Lipinski definition) is 4. The summed E-state index contributed by atoms with van der Waals surface area (Å²) in [4.78, 5) is 13.0. The minimum Gasteiger partial charge on any atom is -0.508 e. The second-order valence-electron chi connectivity index (χ2n) is 5.20. The predicted molar refractivity (Wildman–Crippen MR) is 93.0 cm³/mol. The Kier molecular flexibility index (Phi) is 5.28. The molecule has 1 amide bonds. The molecular weight excluding hydrogens is 346 g/mol. The molecule has 8 nitrogen and oxygen atoms in total. The van der Waals surface area contributed by atoms with Crippen molar-refractivity contribution in [1.29, 1.82) is 0 Å². The molecule has 0 radical (unpaired) electrons. The van der Waals surface area contributed by atoms with E-state index in [1.54, 1.807) is 0 Å². The molecule has 0 spiro atoms. The van der Waals surface area contributed by atoms with Crippen LogP contribution in [-0.4, -0.2) is 30.2 Å². The van der Waals surface area contributed by atoms with Crippen LogP contribution >= 0.6 is 0 Å². The highest BCUT2D eigenvalue weighted by Crippen LogP contribution is 2.23. The SMILES string of the molecule is CC(=O)Nc1ccc(S(=O)(=O)NN=C(C)c2ccc(O)cc2O)cc1. The third kappa shape index (κ3) is 4.70. The lowest BCUT2D eigenvalue weighted by Crippen LogP contribution is -2.20. The molecule has 2 rings (SSSR count). The number of aromatic hydroxyl groups is 2. The number of phenolic OH excluding ortho intramolecular Hbond substituents is 2. The lowest BCUT2D eigenvalue weighted by atomic mass is 10.1. The molecule has 25 heavy (non-hydrogen) atoms. The number of nitrogens with one attached hydrogen (secondary N) is 2. The fraction of sp³-hybridized carbons (Fsp3) is 0.125. The highest BCUT2D eigenvalue weighted by atomic mass is 32.2. The number of rotatable bonds is 5. The van der Waals surface area contributed by atoms with Gasteiger partial charge in [0.2, 0.25) is 5.91 Å². The van der Waals surface area contributed by atoms with E-state index in [9.17, 15) is 23.4 Å². The van der Waals surface area contributed by atoms with Gasteiger partial charge in [-0.25, -0.2) is 0 Å². The summed E-state index contributed by atoms with van der Waals surface area (Å²) in [5.74, 6) is -0.600. The molecule has 0 saturated heterocycles. The summed E-state index contributed by atoms with van der Waals surface area (Å²) in [6, 6.07) is 9.47. The monoisotopic (exact) mass is 363 g/mol. The van der Waals surface area contributed by atoms with Crippen molar-refractivity contribution in [3.63, 3.8) is 0 Å². The number of anilines is 1. The Bertz CT molecular complexity index is 921. The van der Waals surface area contributed by atoms with E-state index in [1.807, 2.05) is 0 Å². The van der Waals surface area contributed by atoms with Crippen LogP contribution in [0.15, 0.2) is 52.5 Å². The van der Waals surface area contributed by atoms with Crippen LogP contribution in [0, 0.1) is 0 Å². The second kappa shape index (κ2) is 7.22. The molecule has 2 aromatic carbocycles. The molecule has 0 heterocycles. The third-order valence-corrected chi connectivity index (χ3v) is 4.41. The standard InChI is InChI=1S/C16H17N3O5S/c1-10(15-8-5-13(21)9-16(15)22)18-19-25(23,24)14-6-3-12(4-7-14)17-11(2)20/h3-9,19,21-22H,1-2H3,(H,17,20). The summed E-state index contributed by atoms with van der Waals surface area (Å²) < 4.78 is 24.5. The highest BCUT2D eigenvalue weighted by molar-refractivity contribution is 7.89. The molecule has 0 unspecified atom stereocenters. The summed E-state index contributed by atoms with van der Waals surface area (Å²) in [6.45, 7) is 2.86. The maximum absolute atomic E-state index is 12.2. The lowest BCUT2D eigenvalue weighted by Gasteiger charge is -2.08. The van der Waals surface area contributed by atoms with Gasteiger partial charge >= 0.3 is 0 Å². The molecule has 132 valence electrons. The molecule has 0 aliphatic heterocycles. The zero-order valence-electron chi connectivity index (χ0n) is 13.5. The Morgan fingerprint density at radius 1 is 1.04 bits per heavy atom. The van der Waals surface area contributed by atoms with E-state index < -0.39 is 10.0 Å². The number of hydrogen-bond acceptors (Lipinski definition) is 6. The first-order valence-corrected chi connectivity index (χ1v) is 8.63. The van der Waals surface area contributed by atoms with E-state index in [-0.39, 0.29) is 33.6 Å². The van der Waals surface area contributed by atoms with Gasteiger partial charge in [0, 0.05) is 24.2 Å². The Hall–Kier alpha value is -3.07. The Labute approximate surface area is 144 Å². The first-order valence-electron chi connectivity index (χ1n) is 7.15. The quantitative estimate of drug-likeness (QED) is 0.475. The van der Waals surface area contributed by atoms with Crippen LogP contribution in [0.2, 0.25) is 0 Å². The van der Waals surface area contributed by atoms with E-state index >= 15 is 0 Å². The minimum atomic E-state index is -3.91. The summed E-state index contributed by atoms with van der Waals surface area (Å²) in [5.41, 5.74) is 0.970. The van der Waals surface area contributed by atoms with Crippen LogP contribution < -0.4 is 10.1 Å². The smallest absolute Gasteiger partial charge is 0.276 e. The van der Waals surface area contributed by atoms with Gasteiger partial charge in [0.05, 0.1) is 10.6 Å². The normalized spacial score (nSPS) is 11.8. The van der Waals surface area contributed by atoms with Gasteiger partial charge in [-0.05, 0) is 43.3 Å². The molecule has 2 aromatic rings. The van der Waals surface area contributed by atoms with E-state index in [0.29, 0.717) is 5.69 Å². The predicted octanol–water partition coefficient (Wildman–Crippen LogP) is 1.76. The number of carbonyl (C=O) groups excluding carboxylic acids is 1. The molecule has 0 aliphatic carbocycles. The number of carbonyl (C=O) groups is 1. The molecule has 0 aromatic heterocycles. The van der Waals surface area contributed by atoms with Crippen molar-refractivity contribution in [2.75, 3.05) is 5.32 Å². The van der Waals surface area contributed by atoms with Gasteiger partial charge in [-0.3, -0.25) is 4.79 Å². The van der Waals surface area contributed by atoms with Crippen molar-refractivity contribution in [2.24, 2.45) is 5.10 Å². The van der Waals surface area contributed by atoms with Crippen LogP contribution in [0.25, 0.3) is 0 Å². The fourth-order valence-electron chi connectivity index (χ4n) is 1.99. The van der Waals surface area contributed by atoms with Crippen molar-refractivity contribution in [2.45, 2.75) is 18.7 Å². The van der Waals surface area contributed by atoms with E-state index in [2.05, 4.69) is 15.2 Å². The van der Waals surface area contributed by atoms with Crippen LogP contribution in [0.3, 0.4) is 0 Å².